The third-order valence-corrected chi connectivity index (χ3v) is 6.55. The molecule has 0 saturated carbocycles. The van der Waals surface area contributed by atoms with E-state index < -0.39 is 0 Å². The topological polar surface area (TPSA) is 87.0 Å². The van der Waals surface area contributed by atoms with Crippen LogP contribution >= 0.6 is 23.2 Å². The van der Waals surface area contributed by atoms with Gasteiger partial charge in [0, 0.05) is 23.8 Å². The monoisotopic (exact) mass is 507 g/mol. The van der Waals surface area contributed by atoms with E-state index in [1.165, 1.54) is 0 Å². The predicted octanol–water partition coefficient (Wildman–Crippen LogP) is 5.36. The summed E-state index contributed by atoms with van der Waals surface area (Å²) in [5.41, 5.74) is 4.89. The van der Waals surface area contributed by atoms with Gasteiger partial charge in [0.25, 0.3) is 5.56 Å². The lowest BCUT2D eigenvalue weighted by Gasteiger charge is -2.24. The number of para-hydroxylation sites is 2. The van der Waals surface area contributed by atoms with Crippen molar-refractivity contribution < 1.29 is 5.11 Å². The van der Waals surface area contributed by atoms with Crippen LogP contribution < -0.4 is 10.5 Å². The quantitative estimate of drug-likeness (QED) is 0.322. The van der Waals surface area contributed by atoms with Gasteiger partial charge in [-0.25, -0.2) is 9.97 Å². The average Bonchev–Trinajstić information content (AvgIpc) is 3.27. The number of imidazole rings is 1. The van der Waals surface area contributed by atoms with Gasteiger partial charge in [-0.2, -0.15) is 0 Å². The second kappa shape index (κ2) is 9.34. The van der Waals surface area contributed by atoms with E-state index in [0.717, 1.165) is 22.3 Å². The van der Waals surface area contributed by atoms with E-state index in [-0.39, 0.29) is 17.9 Å². The van der Waals surface area contributed by atoms with Crippen LogP contribution in [0, 0.1) is 6.92 Å². The summed E-state index contributed by atoms with van der Waals surface area (Å²) in [6.07, 6.45) is 0. The van der Waals surface area contributed by atoms with Crippen molar-refractivity contribution in [3.8, 4) is 17.2 Å². The predicted molar refractivity (Wildman–Crippen MR) is 142 cm³/mol. The third-order valence-electron chi connectivity index (χ3n) is 6.02. The molecule has 0 amide bonds. The molecule has 35 heavy (non-hydrogen) atoms. The van der Waals surface area contributed by atoms with Gasteiger partial charge in [0.05, 0.1) is 39.4 Å². The standard InChI is InChI=1S/C26H23Cl2N5O2/c1-3-32(10-11-34)17-12-15(2)23-22(14-17)33(21-9-8-16(27)13-18(21)28)26(35)24(31-23)25-29-19-6-4-5-7-20(19)30-25/h4-9,12-14,34H,3,10-11H2,1-2H3,(H,29,30). The molecule has 7 nitrogen and oxygen atoms in total. The zero-order valence-electron chi connectivity index (χ0n) is 19.2. The van der Waals surface area contributed by atoms with Gasteiger partial charge in [-0.3, -0.25) is 9.36 Å². The van der Waals surface area contributed by atoms with E-state index in [2.05, 4.69) is 9.97 Å². The molecule has 0 saturated heterocycles. The molecular formula is C26H23Cl2N5O2. The van der Waals surface area contributed by atoms with Crippen molar-refractivity contribution in [3.05, 3.63) is 80.6 Å². The molecule has 0 radical (unpaired) electrons. The second-order valence-corrected chi connectivity index (χ2v) is 9.08. The summed E-state index contributed by atoms with van der Waals surface area (Å²) in [4.78, 5) is 28.6. The van der Waals surface area contributed by atoms with Crippen molar-refractivity contribution in [2.45, 2.75) is 13.8 Å². The lowest BCUT2D eigenvalue weighted by atomic mass is 10.1. The smallest absolute Gasteiger partial charge is 0.285 e. The molecule has 0 fully saturated rings. The number of hydrogen-bond acceptors (Lipinski definition) is 5. The number of halogens is 2. The zero-order chi connectivity index (χ0) is 24.7. The number of nitrogens with zero attached hydrogens (tertiary/aromatic N) is 4. The number of rotatable bonds is 6. The van der Waals surface area contributed by atoms with Crippen molar-refractivity contribution in [2.75, 3.05) is 24.6 Å². The van der Waals surface area contributed by atoms with Gasteiger partial charge in [-0.05, 0) is 61.9 Å². The van der Waals surface area contributed by atoms with Gasteiger partial charge in [0.15, 0.2) is 11.5 Å². The van der Waals surface area contributed by atoms with Gasteiger partial charge in [-0.1, -0.05) is 35.3 Å². The van der Waals surface area contributed by atoms with Gasteiger partial charge in [0.1, 0.15) is 0 Å². The Bertz CT molecular complexity index is 1590. The molecule has 2 heterocycles. The molecule has 2 aromatic heterocycles. The molecule has 178 valence electrons. The third kappa shape index (κ3) is 4.16. The maximum absolute atomic E-state index is 14.0. The highest BCUT2D eigenvalue weighted by atomic mass is 35.5. The molecule has 0 aliphatic rings. The Balaban J connectivity index is 1.86. The molecule has 0 spiro atoms. The van der Waals surface area contributed by atoms with E-state index in [9.17, 15) is 9.90 Å². The van der Waals surface area contributed by atoms with Crippen LogP contribution in [0.1, 0.15) is 12.5 Å². The number of aliphatic hydroxyl groups is 1. The molecule has 0 atom stereocenters. The van der Waals surface area contributed by atoms with Crippen LogP contribution in [0.5, 0.6) is 0 Å². The summed E-state index contributed by atoms with van der Waals surface area (Å²) < 4.78 is 1.56. The van der Waals surface area contributed by atoms with Crippen LogP contribution in [0.25, 0.3) is 39.3 Å². The molecule has 0 aliphatic heterocycles. The molecule has 0 bridgehead atoms. The highest BCUT2D eigenvalue weighted by Crippen LogP contribution is 2.31. The number of aromatic amines is 1. The Morgan fingerprint density at radius 3 is 2.60 bits per heavy atom. The Morgan fingerprint density at radius 1 is 1.09 bits per heavy atom. The zero-order valence-corrected chi connectivity index (χ0v) is 20.7. The number of anilines is 1. The van der Waals surface area contributed by atoms with E-state index in [4.69, 9.17) is 28.2 Å². The van der Waals surface area contributed by atoms with Crippen LogP contribution in [-0.2, 0) is 0 Å². The molecule has 5 rings (SSSR count). The number of nitrogens with one attached hydrogen (secondary N) is 1. The summed E-state index contributed by atoms with van der Waals surface area (Å²) in [5, 5.41) is 10.3. The van der Waals surface area contributed by atoms with Crippen LogP contribution in [0.3, 0.4) is 0 Å². The first-order chi connectivity index (χ1) is 16.9. The average molecular weight is 508 g/mol. The normalized spacial score (nSPS) is 11.5. The number of benzene rings is 3. The Morgan fingerprint density at radius 2 is 1.89 bits per heavy atom. The fraction of sp³-hybridized carbons (Fsp3) is 0.192. The van der Waals surface area contributed by atoms with Gasteiger partial charge >= 0.3 is 0 Å². The molecule has 3 aromatic carbocycles. The summed E-state index contributed by atoms with van der Waals surface area (Å²) in [6, 6.07) is 16.5. The highest BCUT2D eigenvalue weighted by Gasteiger charge is 2.21. The first-order valence-corrected chi connectivity index (χ1v) is 12.0. The Labute approximate surface area is 211 Å². The number of H-pyrrole nitrogens is 1. The number of aliphatic hydroxyl groups excluding tert-OH is 1. The van der Waals surface area contributed by atoms with Crippen LogP contribution in [0.4, 0.5) is 5.69 Å². The van der Waals surface area contributed by atoms with Crippen LogP contribution in [-0.4, -0.2) is 44.3 Å². The fourth-order valence-corrected chi connectivity index (χ4v) is 4.82. The van der Waals surface area contributed by atoms with Crippen molar-refractivity contribution in [2.24, 2.45) is 0 Å². The van der Waals surface area contributed by atoms with Crippen LogP contribution in [0.2, 0.25) is 10.0 Å². The van der Waals surface area contributed by atoms with E-state index in [1.807, 2.05) is 55.1 Å². The van der Waals surface area contributed by atoms with Gasteiger partial charge in [-0.15, -0.1) is 0 Å². The maximum atomic E-state index is 14.0. The number of fused-ring (bicyclic) bond motifs is 2. The molecular weight excluding hydrogens is 485 g/mol. The SMILES string of the molecule is CCN(CCO)c1cc(C)c2nc(-c3nc4ccccc4[nH]3)c(=O)n(-c3ccc(Cl)cc3Cl)c2c1. The molecule has 5 aromatic rings. The number of aromatic nitrogens is 4. The second-order valence-electron chi connectivity index (χ2n) is 8.23. The number of aryl methyl sites for hydroxylation is 1. The molecule has 9 heteroatoms. The lowest BCUT2D eigenvalue weighted by Crippen LogP contribution is -2.27. The summed E-state index contributed by atoms with van der Waals surface area (Å²) in [5.74, 6) is 0.385. The number of hydrogen-bond donors (Lipinski definition) is 2. The van der Waals surface area contributed by atoms with E-state index in [1.54, 1.807) is 22.8 Å². The van der Waals surface area contributed by atoms with Gasteiger partial charge in [0.2, 0.25) is 0 Å². The molecule has 0 unspecified atom stereocenters. The largest absolute Gasteiger partial charge is 0.395 e. The summed E-state index contributed by atoms with van der Waals surface area (Å²) in [7, 11) is 0. The number of likely N-dealkylation sites (N-methyl/N-ethyl adjacent to an activating group) is 1. The molecule has 0 aliphatic carbocycles. The first-order valence-electron chi connectivity index (χ1n) is 11.2. The van der Waals surface area contributed by atoms with Crippen LogP contribution in [0.15, 0.2) is 59.4 Å². The van der Waals surface area contributed by atoms with Crippen molar-refractivity contribution in [1.82, 2.24) is 19.5 Å². The fourth-order valence-electron chi connectivity index (χ4n) is 4.33. The summed E-state index contributed by atoms with van der Waals surface area (Å²) in [6.45, 7) is 5.15. The van der Waals surface area contributed by atoms with Crippen molar-refractivity contribution in [1.29, 1.82) is 0 Å². The minimum absolute atomic E-state index is 0.0178. The minimum Gasteiger partial charge on any atom is -0.395 e. The highest BCUT2D eigenvalue weighted by molar-refractivity contribution is 6.35. The first kappa shape index (κ1) is 23.4. The Hall–Kier alpha value is -3.39. The van der Waals surface area contributed by atoms with Gasteiger partial charge < -0.3 is 15.0 Å². The van der Waals surface area contributed by atoms with Crippen molar-refractivity contribution >= 4 is 51.0 Å². The van der Waals surface area contributed by atoms with E-state index in [0.29, 0.717) is 45.7 Å². The van der Waals surface area contributed by atoms with Crippen molar-refractivity contribution in [3.63, 3.8) is 0 Å². The van der Waals surface area contributed by atoms with E-state index >= 15 is 0 Å². The minimum atomic E-state index is -0.359. The summed E-state index contributed by atoms with van der Waals surface area (Å²) >= 11 is 12.7. The molecule has 2 N–H and O–H groups in total. The maximum Gasteiger partial charge on any atom is 0.285 e. The Kier molecular flexibility index (Phi) is 6.23. The lowest BCUT2D eigenvalue weighted by molar-refractivity contribution is 0.302.